The topological polar surface area (TPSA) is 42.7 Å². The normalized spacial score (nSPS) is 9.09. The van der Waals surface area contributed by atoms with Gasteiger partial charge in [-0.15, -0.1) is 17.4 Å². The van der Waals surface area contributed by atoms with Gasteiger partial charge in [0, 0.05) is 20.0 Å². The van der Waals surface area contributed by atoms with Gasteiger partial charge >= 0.3 is 0 Å². The first-order valence-electron chi connectivity index (χ1n) is 3.36. The Morgan fingerprint density at radius 3 is 3.18 bits per heavy atom. The fourth-order valence-corrected chi connectivity index (χ4v) is 0.712. The van der Waals surface area contributed by atoms with Gasteiger partial charge in [-0.25, -0.2) is 4.68 Å². The van der Waals surface area contributed by atoms with Gasteiger partial charge in [-0.2, -0.15) is 0 Å². The lowest BCUT2D eigenvalue weighted by molar-refractivity contribution is 0.717. The number of anilines is 1. The summed E-state index contributed by atoms with van der Waals surface area (Å²) in [5.74, 6) is 3.43. The highest BCUT2D eigenvalue weighted by Gasteiger charge is 1.95. The van der Waals surface area contributed by atoms with Gasteiger partial charge in [0.05, 0.1) is 6.20 Å². The molecular weight excluding hydrogens is 140 g/mol. The monoisotopic (exact) mass is 150 g/mol. The van der Waals surface area contributed by atoms with Gasteiger partial charge in [0.1, 0.15) is 5.82 Å². The first-order valence-corrected chi connectivity index (χ1v) is 3.36. The van der Waals surface area contributed by atoms with Crippen LogP contribution in [0.5, 0.6) is 0 Å². The highest BCUT2D eigenvalue weighted by Crippen LogP contribution is 1.99. The molecule has 4 heteroatoms. The van der Waals surface area contributed by atoms with Crippen LogP contribution in [0.25, 0.3) is 0 Å². The second-order valence-corrected chi connectivity index (χ2v) is 2.12. The summed E-state index contributed by atoms with van der Waals surface area (Å²) in [4.78, 5) is 0. The minimum atomic E-state index is 0.713. The summed E-state index contributed by atoms with van der Waals surface area (Å²) in [5, 5.41) is 10.5. The molecule has 1 heterocycles. The average molecular weight is 150 g/mol. The lowest BCUT2D eigenvalue weighted by atomic mass is 10.4. The maximum atomic E-state index is 5.08. The SMILES string of the molecule is C#CCCNc1cnnn1C. The molecule has 1 rings (SSSR count). The summed E-state index contributed by atoms with van der Waals surface area (Å²) >= 11 is 0. The summed E-state index contributed by atoms with van der Waals surface area (Å²) in [7, 11) is 1.82. The Bertz CT molecular complexity index is 258. The fourth-order valence-electron chi connectivity index (χ4n) is 0.712. The highest BCUT2D eigenvalue weighted by atomic mass is 15.4. The molecule has 0 atom stereocenters. The van der Waals surface area contributed by atoms with Crippen molar-refractivity contribution in [1.29, 1.82) is 0 Å². The molecule has 0 aliphatic carbocycles. The van der Waals surface area contributed by atoms with E-state index in [9.17, 15) is 0 Å². The molecule has 1 aromatic heterocycles. The molecule has 1 aromatic rings. The van der Waals surface area contributed by atoms with Crippen LogP contribution in [0.2, 0.25) is 0 Å². The molecule has 1 N–H and O–H groups in total. The molecule has 0 aromatic carbocycles. The number of aromatic nitrogens is 3. The number of nitrogens with one attached hydrogen (secondary N) is 1. The minimum Gasteiger partial charge on any atom is -0.368 e. The van der Waals surface area contributed by atoms with Crippen LogP contribution in [0.1, 0.15) is 6.42 Å². The van der Waals surface area contributed by atoms with E-state index in [4.69, 9.17) is 6.42 Å². The molecule has 0 aliphatic heterocycles. The number of hydrogen-bond acceptors (Lipinski definition) is 3. The summed E-state index contributed by atoms with van der Waals surface area (Å²) in [5.41, 5.74) is 0. The number of nitrogens with zero attached hydrogens (tertiary/aromatic N) is 3. The van der Waals surface area contributed by atoms with Crippen molar-refractivity contribution in [2.75, 3.05) is 11.9 Å². The van der Waals surface area contributed by atoms with Crippen molar-refractivity contribution >= 4 is 5.82 Å². The van der Waals surface area contributed by atoms with Crippen LogP contribution in [-0.4, -0.2) is 21.5 Å². The lowest BCUT2D eigenvalue weighted by Gasteiger charge is -2.00. The molecule has 0 saturated carbocycles. The van der Waals surface area contributed by atoms with Crippen LogP contribution >= 0.6 is 0 Å². The Morgan fingerprint density at radius 1 is 1.82 bits per heavy atom. The van der Waals surface area contributed by atoms with E-state index in [0.717, 1.165) is 12.4 Å². The lowest BCUT2D eigenvalue weighted by Crippen LogP contribution is -2.05. The quantitative estimate of drug-likeness (QED) is 0.496. The minimum absolute atomic E-state index is 0.713. The van der Waals surface area contributed by atoms with Gasteiger partial charge < -0.3 is 5.32 Å². The van der Waals surface area contributed by atoms with Crippen LogP contribution in [-0.2, 0) is 7.05 Å². The Hall–Kier alpha value is -1.50. The Balaban J connectivity index is 2.40. The molecule has 11 heavy (non-hydrogen) atoms. The second kappa shape index (κ2) is 3.62. The third-order valence-electron chi connectivity index (χ3n) is 1.29. The summed E-state index contributed by atoms with van der Waals surface area (Å²) in [6.07, 6.45) is 7.45. The van der Waals surface area contributed by atoms with Gasteiger partial charge in [0.15, 0.2) is 0 Å². The second-order valence-electron chi connectivity index (χ2n) is 2.12. The van der Waals surface area contributed by atoms with Crippen LogP contribution in [0.15, 0.2) is 6.20 Å². The standard InChI is InChI=1S/C7H10N4/c1-3-4-5-8-7-6-9-10-11(7)2/h1,6,8H,4-5H2,2H3. The first-order chi connectivity index (χ1) is 5.34. The van der Waals surface area contributed by atoms with Crippen LogP contribution in [0.3, 0.4) is 0 Å². The summed E-state index contributed by atoms with van der Waals surface area (Å²) in [6, 6.07) is 0. The Kier molecular flexibility index (Phi) is 2.50. The van der Waals surface area contributed by atoms with Gasteiger partial charge in [-0.1, -0.05) is 5.21 Å². The molecule has 0 aliphatic rings. The maximum Gasteiger partial charge on any atom is 0.144 e. The molecule has 0 bridgehead atoms. The molecular formula is C7H10N4. The van der Waals surface area contributed by atoms with Crippen molar-refractivity contribution in [1.82, 2.24) is 15.0 Å². The van der Waals surface area contributed by atoms with E-state index >= 15 is 0 Å². The Morgan fingerprint density at radius 2 is 2.64 bits per heavy atom. The molecule has 0 unspecified atom stereocenters. The van der Waals surface area contributed by atoms with Crippen LogP contribution < -0.4 is 5.32 Å². The first kappa shape index (κ1) is 7.61. The van der Waals surface area contributed by atoms with E-state index < -0.39 is 0 Å². The highest BCUT2D eigenvalue weighted by molar-refractivity contribution is 5.30. The predicted molar refractivity (Wildman–Crippen MR) is 42.9 cm³/mol. The Labute approximate surface area is 65.6 Å². The average Bonchev–Trinajstić information content (AvgIpc) is 2.37. The fraction of sp³-hybridized carbons (Fsp3) is 0.429. The maximum absolute atomic E-state index is 5.08. The molecule has 0 saturated heterocycles. The molecule has 0 radical (unpaired) electrons. The number of rotatable bonds is 3. The van der Waals surface area contributed by atoms with Crippen molar-refractivity contribution in [3.05, 3.63) is 6.20 Å². The molecule has 0 fully saturated rings. The van der Waals surface area contributed by atoms with Crippen molar-refractivity contribution in [3.63, 3.8) is 0 Å². The van der Waals surface area contributed by atoms with Crippen molar-refractivity contribution in [3.8, 4) is 12.3 Å². The number of terminal acetylenes is 1. The summed E-state index contributed by atoms with van der Waals surface area (Å²) < 4.78 is 1.66. The van der Waals surface area contributed by atoms with Crippen LogP contribution in [0.4, 0.5) is 5.82 Å². The molecule has 58 valence electrons. The van der Waals surface area contributed by atoms with E-state index in [2.05, 4.69) is 21.5 Å². The molecule has 4 nitrogen and oxygen atoms in total. The zero-order valence-corrected chi connectivity index (χ0v) is 6.41. The largest absolute Gasteiger partial charge is 0.368 e. The van der Waals surface area contributed by atoms with Gasteiger partial charge in [-0.3, -0.25) is 0 Å². The van der Waals surface area contributed by atoms with Crippen molar-refractivity contribution in [2.45, 2.75) is 6.42 Å². The van der Waals surface area contributed by atoms with Gasteiger partial charge in [0.25, 0.3) is 0 Å². The zero-order valence-electron chi connectivity index (χ0n) is 6.41. The molecule has 0 spiro atoms. The van der Waals surface area contributed by atoms with E-state index in [1.165, 1.54) is 0 Å². The van der Waals surface area contributed by atoms with E-state index in [-0.39, 0.29) is 0 Å². The van der Waals surface area contributed by atoms with Crippen molar-refractivity contribution < 1.29 is 0 Å². The number of hydrogen-bond donors (Lipinski definition) is 1. The van der Waals surface area contributed by atoms with E-state index in [1.807, 2.05) is 7.05 Å². The van der Waals surface area contributed by atoms with Gasteiger partial charge in [0.2, 0.25) is 0 Å². The van der Waals surface area contributed by atoms with Gasteiger partial charge in [-0.05, 0) is 0 Å². The smallest absolute Gasteiger partial charge is 0.144 e. The zero-order chi connectivity index (χ0) is 8.10. The number of aryl methyl sites for hydroxylation is 1. The predicted octanol–water partition coefficient (Wildman–Crippen LogP) is 0.250. The van der Waals surface area contributed by atoms with E-state index in [0.29, 0.717) is 6.42 Å². The third kappa shape index (κ3) is 1.97. The molecule has 0 amide bonds. The van der Waals surface area contributed by atoms with Crippen LogP contribution in [0, 0.1) is 12.3 Å². The third-order valence-corrected chi connectivity index (χ3v) is 1.29. The summed E-state index contributed by atoms with van der Waals surface area (Å²) in [6.45, 7) is 0.762. The van der Waals surface area contributed by atoms with Crippen molar-refractivity contribution in [2.24, 2.45) is 7.05 Å². The van der Waals surface area contributed by atoms with E-state index in [1.54, 1.807) is 10.9 Å².